The van der Waals surface area contributed by atoms with Crippen LogP contribution in [0.1, 0.15) is 11.1 Å². The molecule has 0 amide bonds. The fraction of sp³-hybridized carbons (Fsp3) is 0.0769. The van der Waals surface area contributed by atoms with Crippen LogP contribution in [0.15, 0.2) is 41.8 Å². The number of oxime groups is 1. The fourth-order valence-corrected chi connectivity index (χ4v) is 1.72. The van der Waals surface area contributed by atoms with E-state index in [1.165, 1.54) is 12.4 Å². The molecule has 0 unspecified atom stereocenters. The van der Waals surface area contributed by atoms with Crippen molar-refractivity contribution in [2.24, 2.45) is 10.9 Å². The molecule has 5 nitrogen and oxygen atoms in total. The first-order valence-corrected chi connectivity index (χ1v) is 5.85. The van der Waals surface area contributed by atoms with Gasteiger partial charge < -0.3 is 15.7 Å². The summed E-state index contributed by atoms with van der Waals surface area (Å²) in [7, 11) is 0. The number of nitrogens with two attached hydrogens (primary N) is 1. The molecular formula is C13H12ClN3O2. The Bertz CT molecular complexity index is 629. The summed E-state index contributed by atoms with van der Waals surface area (Å²) < 4.78 is 5.68. The Labute approximate surface area is 115 Å². The summed E-state index contributed by atoms with van der Waals surface area (Å²) in [6.45, 7) is 1.92. The van der Waals surface area contributed by atoms with Crippen molar-refractivity contribution in [3.05, 3.63) is 52.8 Å². The van der Waals surface area contributed by atoms with E-state index < -0.39 is 0 Å². The number of halogens is 1. The number of aromatic nitrogens is 1. The van der Waals surface area contributed by atoms with Gasteiger partial charge in [-0.15, -0.1) is 0 Å². The van der Waals surface area contributed by atoms with Gasteiger partial charge in [0.15, 0.2) is 5.84 Å². The zero-order valence-corrected chi connectivity index (χ0v) is 10.9. The van der Waals surface area contributed by atoms with Crippen LogP contribution in [-0.2, 0) is 0 Å². The summed E-state index contributed by atoms with van der Waals surface area (Å²) in [4.78, 5) is 3.93. The highest BCUT2D eigenvalue weighted by atomic mass is 35.5. The number of amidine groups is 1. The van der Waals surface area contributed by atoms with Crippen molar-refractivity contribution >= 4 is 17.4 Å². The van der Waals surface area contributed by atoms with Gasteiger partial charge in [-0.1, -0.05) is 22.8 Å². The van der Waals surface area contributed by atoms with Crippen LogP contribution in [0.4, 0.5) is 0 Å². The van der Waals surface area contributed by atoms with Crippen LogP contribution in [0, 0.1) is 6.92 Å². The second kappa shape index (κ2) is 5.58. The molecule has 1 aromatic heterocycles. The molecule has 2 rings (SSSR count). The third-order valence-electron chi connectivity index (χ3n) is 2.43. The maximum atomic E-state index is 8.77. The van der Waals surface area contributed by atoms with E-state index in [-0.39, 0.29) is 5.84 Å². The zero-order valence-electron chi connectivity index (χ0n) is 10.2. The van der Waals surface area contributed by atoms with Crippen LogP contribution in [0.5, 0.6) is 11.5 Å². The van der Waals surface area contributed by atoms with E-state index in [0.717, 1.165) is 5.56 Å². The summed E-state index contributed by atoms with van der Waals surface area (Å²) >= 11 is 5.84. The van der Waals surface area contributed by atoms with Crippen LogP contribution in [-0.4, -0.2) is 16.0 Å². The summed E-state index contributed by atoms with van der Waals surface area (Å²) in [5, 5.41) is 12.2. The molecule has 0 aliphatic carbocycles. The Hall–Kier alpha value is -2.27. The quantitative estimate of drug-likeness (QED) is 0.391. The van der Waals surface area contributed by atoms with Crippen LogP contribution in [0.25, 0.3) is 0 Å². The number of pyridine rings is 1. The van der Waals surface area contributed by atoms with Gasteiger partial charge in [0.05, 0.1) is 16.8 Å². The minimum Gasteiger partial charge on any atom is -0.455 e. The molecule has 19 heavy (non-hydrogen) atoms. The highest BCUT2D eigenvalue weighted by Crippen LogP contribution is 2.27. The number of nitrogens with zero attached hydrogens (tertiary/aromatic N) is 2. The standard InChI is InChI=1S/C13H12ClN3O2/c1-8-2-3-11(13(15)17-18)12(4-8)19-10-5-9(14)6-16-7-10/h2-7,18H,1H3,(H2,15,17). The lowest BCUT2D eigenvalue weighted by atomic mass is 10.1. The Balaban J connectivity index is 2.41. The number of ether oxygens (including phenoxy) is 1. The molecule has 0 saturated carbocycles. The third-order valence-corrected chi connectivity index (χ3v) is 2.64. The van der Waals surface area contributed by atoms with Crippen molar-refractivity contribution in [3.8, 4) is 11.5 Å². The predicted octanol–water partition coefficient (Wildman–Crippen LogP) is 2.93. The lowest BCUT2D eigenvalue weighted by Crippen LogP contribution is -2.14. The Morgan fingerprint density at radius 1 is 1.37 bits per heavy atom. The highest BCUT2D eigenvalue weighted by molar-refractivity contribution is 6.30. The van der Waals surface area contributed by atoms with E-state index in [1.807, 2.05) is 13.0 Å². The predicted molar refractivity (Wildman–Crippen MR) is 73.0 cm³/mol. The van der Waals surface area contributed by atoms with Crippen LogP contribution >= 0.6 is 11.6 Å². The molecule has 0 atom stereocenters. The van der Waals surface area contributed by atoms with Gasteiger partial charge in [-0.05, 0) is 24.6 Å². The van der Waals surface area contributed by atoms with Crippen molar-refractivity contribution in [3.63, 3.8) is 0 Å². The number of benzene rings is 1. The maximum absolute atomic E-state index is 8.77. The summed E-state index contributed by atoms with van der Waals surface area (Å²) in [5.41, 5.74) is 7.09. The highest BCUT2D eigenvalue weighted by Gasteiger charge is 2.10. The molecule has 0 fully saturated rings. The molecule has 1 heterocycles. The summed E-state index contributed by atoms with van der Waals surface area (Å²) in [5.74, 6) is 0.925. The number of hydrogen-bond donors (Lipinski definition) is 2. The average Bonchev–Trinajstić information content (AvgIpc) is 2.38. The Morgan fingerprint density at radius 2 is 2.16 bits per heavy atom. The monoisotopic (exact) mass is 277 g/mol. The molecule has 0 aliphatic rings. The van der Waals surface area contributed by atoms with Gasteiger partial charge in [0, 0.05) is 12.3 Å². The molecule has 0 spiro atoms. The molecule has 98 valence electrons. The van der Waals surface area contributed by atoms with Crippen molar-refractivity contribution in [2.45, 2.75) is 6.92 Å². The van der Waals surface area contributed by atoms with E-state index >= 15 is 0 Å². The maximum Gasteiger partial charge on any atom is 0.173 e. The topological polar surface area (TPSA) is 80.7 Å². The first-order valence-electron chi connectivity index (χ1n) is 5.47. The second-order valence-corrected chi connectivity index (χ2v) is 4.36. The molecule has 2 aromatic rings. The lowest BCUT2D eigenvalue weighted by Gasteiger charge is -2.11. The van der Waals surface area contributed by atoms with Crippen molar-refractivity contribution in [2.75, 3.05) is 0 Å². The molecule has 0 aliphatic heterocycles. The van der Waals surface area contributed by atoms with Gasteiger partial charge >= 0.3 is 0 Å². The Kier molecular flexibility index (Phi) is 3.87. The average molecular weight is 278 g/mol. The minimum atomic E-state index is -0.0232. The second-order valence-electron chi connectivity index (χ2n) is 3.93. The van der Waals surface area contributed by atoms with Gasteiger partial charge in [0.2, 0.25) is 0 Å². The SMILES string of the molecule is Cc1ccc(C(N)=NO)c(Oc2cncc(Cl)c2)c1. The van der Waals surface area contributed by atoms with Gasteiger partial charge in [-0.2, -0.15) is 0 Å². The number of aryl methyl sites for hydroxylation is 1. The zero-order chi connectivity index (χ0) is 13.8. The van der Waals surface area contributed by atoms with Gasteiger partial charge in [0.1, 0.15) is 11.5 Å². The third kappa shape index (κ3) is 3.14. The normalized spacial score (nSPS) is 11.4. The molecule has 3 N–H and O–H groups in total. The smallest absolute Gasteiger partial charge is 0.173 e. The lowest BCUT2D eigenvalue weighted by molar-refractivity contribution is 0.318. The van der Waals surface area contributed by atoms with Crippen molar-refractivity contribution in [1.29, 1.82) is 0 Å². The number of rotatable bonds is 3. The first-order chi connectivity index (χ1) is 9.10. The first kappa shape index (κ1) is 13.2. The van der Waals surface area contributed by atoms with E-state index in [1.54, 1.807) is 18.2 Å². The van der Waals surface area contributed by atoms with Gasteiger partial charge in [-0.25, -0.2) is 0 Å². The molecular weight excluding hydrogens is 266 g/mol. The van der Waals surface area contributed by atoms with Gasteiger partial charge in [0.25, 0.3) is 0 Å². The molecule has 6 heteroatoms. The minimum absolute atomic E-state index is 0.0232. The molecule has 0 bridgehead atoms. The molecule has 0 radical (unpaired) electrons. The molecule has 0 saturated heterocycles. The molecule has 1 aromatic carbocycles. The van der Waals surface area contributed by atoms with E-state index in [0.29, 0.717) is 22.1 Å². The Morgan fingerprint density at radius 3 is 2.84 bits per heavy atom. The fourth-order valence-electron chi connectivity index (χ4n) is 1.55. The summed E-state index contributed by atoms with van der Waals surface area (Å²) in [6.07, 6.45) is 3.04. The van der Waals surface area contributed by atoms with E-state index in [9.17, 15) is 0 Å². The van der Waals surface area contributed by atoms with E-state index in [2.05, 4.69) is 10.1 Å². The number of hydrogen-bond acceptors (Lipinski definition) is 4. The summed E-state index contributed by atoms with van der Waals surface area (Å²) in [6, 6.07) is 6.98. The van der Waals surface area contributed by atoms with E-state index in [4.69, 9.17) is 27.3 Å². The van der Waals surface area contributed by atoms with Crippen molar-refractivity contribution in [1.82, 2.24) is 4.98 Å². The largest absolute Gasteiger partial charge is 0.455 e. The van der Waals surface area contributed by atoms with Crippen LogP contribution < -0.4 is 10.5 Å². The van der Waals surface area contributed by atoms with Crippen molar-refractivity contribution < 1.29 is 9.94 Å². The van der Waals surface area contributed by atoms with Gasteiger partial charge in [-0.3, -0.25) is 4.98 Å². The van der Waals surface area contributed by atoms with Crippen LogP contribution in [0.3, 0.4) is 0 Å². The van der Waals surface area contributed by atoms with Crippen LogP contribution in [0.2, 0.25) is 5.02 Å².